The fraction of sp³-hybridized carbons (Fsp3) is 0.674. The van der Waals surface area contributed by atoms with Crippen LogP contribution in [0.15, 0.2) is 76.7 Å². The molecule has 8 heteroatoms. The number of piperidine rings is 1. The van der Waals surface area contributed by atoms with E-state index in [4.69, 9.17) is 14.2 Å². The van der Waals surface area contributed by atoms with Gasteiger partial charge in [0.2, 0.25) is 5.76 Å². The van der Waals surface area contributed by atoms with Crippen LogP contribution in [0.5, 0.6) is 0 Å². The number of carbonyl (C=O) groups is 1. The highest BCUT2D eigenvalue weighted by Crippen LogP contribution is 2.69. The van der Waals surface area contributed by atoms with Crippen LogP contribution in [0.4, 0.5) is 0 Å². The fourth-order valence-corrected chi connectivity index (χ4v) is 16.7. The Morgan fingerprint density at radius 3 is 2.63 bits per heavy atom. The third-order valence-corrected chi connectivity index (χ3v) is 18.7. The van der Waals surface area contributed by atoms with E-state index in [1.165, 1.54) is 74.7 Å². The zero-order valence-electron chi connectivity index (χ0n) is 32.4. The molecule has 54 heavy (non-hydrogen) atoms. The van der Waals surface area contributed by atoms with Crippen LogP contribution >= 0.6 is 21.6 Å². The number of rotatable bonds is 3. The third kappa shape index (κ3) is 5.84. The third-order valence-electron chi connectivity index (χ3n) is 16.2. The topological polar surface area (TPSA) is 68.2 Å². The number of esters is 1. The molecule has 6 nitrogen and oxygen atoms in total. The molecule has 3 bridgehead atoms. The maximum Gasteiger partial charge on any atom is 0.343 e. The van der Waals surface area contributed by atoms with Crippen molar-refractivity contribution in [3.05, 3.63) is 82.2 Å². The highest BCUT2D eigenvalue weighted by molar-refractivity contribution is 8.76. The Kier molecular flexibility index (Phi) is 9.63. The van der Waals surface area contributed by atoms with E-state index in [2.05, 4.69) is 75.9 Å². The Hall–Kier alpha value is -2.13. The lowest BCUT2D eigenvalue weighted by atomic mass is 9.64. The molecule has 10 rings (SSSR count). The van der Waals surface area contributed by atoms with Crippen LogP contribution < -0.4 is 0 Å². The van der Waals surface area contributed by atoms with Crippen molar-refractivity contribution >= 4 is 27.6 Å². The molecular weight excluding hydrogens is 711 g/mol. The van der Waals surface area contributed by atoms with E-state index >= 15 is 0 Å². The van der Waals surface area contributed by atoms with Gasteiger partial charge in [-0.05, 0) is 111 Å². The predicted octanol–water partition coefficient (Wildman–Crippen LogP) is 9.79. The summed E-state index contributed by atoms with van der Waals surface area (Å²) in [6.45, 7) is 4.99. The Bertz CT molecular complexity index is 1760. The number of hydrogen-bond donors (Lipinski definition) is 1. The van der Waals surface area contributed by atoms with Crippen LogP contribution in [0.2, 0.25) is 0 Å². The first-order valence-electron chi connectivity index (χ1n) is 21.4. The van der Waals surface area contributed by atoms with Crippen molar-refractivity contribution in [1.82, 2.24) is 4.90 Å². The molecule has 9 aliphatic rings. The monoisotopic (exact) mass is 769 g/mol. The summed E-state index contributed by atoms with van der Waals surface area (Å²) in [7, 11) is 5.80. The first-order chi connectivity index (χ1) is 26.3. The average Bonchev–Trinajstić information content (AvgIpc) is 4.00. The Labute approximate surface area is 330 Å². The standard InChI is InChI=1S/C46H59NO5S2/c1-26-38-36-21-34-35-23-46(39(34)30-12-5-4-6-13-30)18-17-28(22-46)24-53-54-25-32-16-15-31(29-10-7-8-11-29)20-33(32)41(48)40(35)47(36)19-9-14-37(38)51-43(26)44-42(50-3)27(2)45(49)52-44/h4-6,12-14,16,26,28-29,31,33-36,38-41,48H,7-11,15,17-25H2,1-3H3/t26-,28+,31+,33+,34+,35-,36-,38+,39+,40+,41+,46+/m1/s1. The van der Waals surface area contributed by atoms with Gasteiger partial charge in [0.25, 0.3) is 0 Å². The summed E-state index contributed by atoms with van der Waals surface area (Å²) in [5, 5.41) is 13.4. The van der Waals surface area contributed by atoms with Gasteiger partial charge in [-0.15, -0.1) is 0 Å². The van der Waals surface area contributed by atoms with Gasteiger partial charge in [-0.3, -0.25) is 4.90 Å². The number of allylic oxidation sites excluding steroid dienone is 2. The highest BCUT2D eigenvalue weighted by atomic mass is 33.1. The summed E-state index contributed by atoms with van der Waals surface area (Å²) in [4.78, 5) is 15.6. The second-order valence-corrected chi connectivity index (χ2v) is 21.2. The van der Waals surface area contributed by atoms with E-state index in [1.54, 1.807) is 14.0 Å². The largest absolute Gasteiger partial charge is 0.492 e. The van der Waals surface area contributed by atoms with Gasteiger partial charge in [-0.2, -0.15) is 0 Å². The van der Waals surface area contributed by atoms with Gasteiger partial charge in [0.05, 0.1) is 18.8 Å². The van der Waals surface area contributed by atoms with Crippen LogP contribution in [0, 0.1) is 52.8 Å². The number of carbonyl (C=O) groups excluding carboxylic acids is 1. The maximum absolute atomic E-state index is 13.4. The number of benzene rings is 1. The lowest BCUT2D eigenvalue weighted by molar-refractivity contribution is -0.133. The van der Waals surface area contributed by atoms with E-state index < -0.39 is 6.10 Å². The first kappa shape index (κ1) is 36.2. The van der Waals surface area contributed by atoms with Gasteiger partial charge in [0, 0.05) is 47.9 Å². The quantitative estimate of drug-likeness (QED) is 0.185. The van der Waals surface area contributed by atoms with Gasteiger partial charge in [-0.1, -0.05) is 96.2 Å². The highest BCUT2D eigenvalue weighted by Gasteiger charge is 2.64. The molecule has 290 valence electrons. The van der Waals surface area contributed by atoms with E-state index in [0.29, 0.717) is 40.8 Å². The van der Waals surface area contributed by atoms with Gasteiger partial charge >= 0.3 is 5.97 Å². The molecule has 1 N–H and O–H groups in total. The van der Waals surface area contributed by atoms with Crippen molar-refractivity contribution in [3.63, 3.8) is 0 Å². The summed E-state index contributed by atoms with van der Waals surface area (Å²) >= 11 is 0. The smallest absolute Gasteiger partial charge is 0.343 e. The van der Waals surface area contributed by atoms with Crippen molar-refractivity contribution in [2.75, 3.05) is 25.2 Å². The minimum absolute atomic E-state index is 0.00680. The molecule has 0 aromatic heterocycles. The van der Waals surface area contributed by atoms with Crippen molar-refractivity contribution < 1.29 is 24.1 Å². The molecule has 0 amide bonds. The molecule has 12 atom stereocenters. The predicted molar refractivity (Wildman–Crippen MR) is 216 cm³/mol. The van der Waals surface area contributed by atoms with Gasteiger partial charge in [-0.25, -0.2) is 4.79 Å². The summed E-state index contributed by atoms with van der Waals surface area (Å²) < 4.78 is 18.5. The molecule has 3 saturated heterocycles. The molecule has 1 aromatic rings. The molecule has 5 aliphatic heterocycles. The molecule has 3 saturated carbocycles. The minimum atomic E-state index is -0.399. The van der Waals surface area contributed by atoms with Crippen LogP contribution in [0.25, 0.3) is 0 Å². The number of nitrogens with zero attached hydrogens (tertiary/aromatic N) is 1. The number of ether oxygens (including phenoxy) is 3. The number of aliphatic hydroxyl groups excluding tert-OH is 1. The second kappa shape index (κ2) is 14.4. The van der Waals surface area contributed by atoms with Crippen molar-refractivity contribution in [3.8, 4) is 0 Å². The number of aliphatic hydroxyl groups is 1. The fourth-order valence-electron chi connectivity index (χ4n) is 14.0. The number of fused-ring (bicyclic) bond motifs is 6. The van der Waals surface area contributed by atoms with Crippen LogP contribution in [-0.4, -0.2) is 59.3 Å². The van der Waals surface area contributed by atoms with E-state index in [9.17, 15) is 9.90 Å². The van der Waals surface area contributed by atoms with Crippen molar-refractivity contribution in [1.29, 1.82) is 0 Å². The SMILES string of the molecule is COC1=C(C)C(=O)OC1=C1OC2=CCCN3[C@@H]4[C@@H](O)[C@H]5C[C@@H](C6CCCC6)CC=C5CSSC[C@H]5CC[C@]6(C5)C[C@@H]4[C@H](C[C@@H]3[C@@H]2[C@H]1C)[C@@H]6c1ccccc1. The number of methoxy groups -OCH3 is 1. The van der Waals surface area contributed by atoms with E-state index in [0.717, 1.165) is 54.9 Å². The maximum atomic E-state index is 13.4. The molecule has 0 unspecified atom stereocenters. The van der Waals surface area contributed by atoms with Crippen LogP contribution in [0.3, 0.4) is 0 Å². The van der Waals surface area contributed by atoms with Gasteiger partial charge in [0.15, 0.2) is 11.5 Å². The van der Waals surface area contributed by atoms with Crippen LogP contribution in [0.1, 0.15) is 102 Å². The molecule has 6 fully saturated rings. The van der Waals surface area contributed by atoms with Gasteiger partial charge in [0.1, 0.15) is 5.76 Å². The normalized spacial score (nSPS) is 43.8. The Morgan fingerprint density at radius 1 is 0.981 bits per heavy atom. The number of cyclic esters (lactones) is 1. The van der Waals surface area contributed by atoms with Crippen LogP contribution in [-0.2, 0) is 19.0 Å². The summed E-state index contributed by atoms with van der Waals surface area (Å²) in [5.74, 6) is 8.67. The summed E-state index contributed by atoms with van der Waals surface area (Å²) in [5.41, 5.74) is 3.82. The number of hydrogen-bond acceptors (Lipinski definition) is 8. The molecule has 0 radical (unpaired) electrons. The molecule has 4 aliphatic carbocycles. The lowest BCUT2D eigenvalue weighted by Gasteiger charge is -2.54. The molecule has 5 heterocycles. The Balaban J connectivity index is 1.09. The molecule has 1 spiro atoms. The summed E-state index contributed by atoms with van der Waals surface area (Å²) in [6, 6.07) is 11.9. The lowest BCUT2D eigenvalue weighted by Crippen LogP contribution is -2.62. The Morgan fingerprint density at radius 2 is 1.81 bits per heavy atom. The van der Waals surface area contributed by atoms with Crippen molar-refractivity contribution in [2.24, 2.45) is 52.8 Å². The zero-order valence-corrected chi connectivity index (χ0v) is 34.1. The molecular formula is C46H59NO5S2. The van der Waals surface area contributed by atoms with Crippen molar-refractivity contribution in [2.45, 2.75) is 115 Å². The first-order valence-corrected chi connectivity index (χ1v) is 23.9. The second-order valence-electron chi connectivity index (χ2n) is 18.7. The minimum Gasteiger partial charge on any atom is -0.492 e. The summed E-state index contributed by atoms with van der Waals surface area (Å²) in [6.07, 6.45) is 19.5. The van der Waals surface area contributed by atoms with E-state index in [1.807, 2.05) is 0 Å². The van der Waals surface area contributed by atoms with E-state index in [-0.39, 0.29) is 41.2 Å². The average molecular weight is 770 g/mol. The van der Waals surface area contributed by atoms with Gasteiger partial charge < -0.3 is 19.3 Å². The molecule has 1 aromatic carbocycles. The zero-order chi connectivity index (χ0) is 36.7.